The number of ketones is 1. The SMILES string of the molecule is O=C(OCC(=O)c1ccc(Cl)s1)c1ccc(NS(=O)(=O)c2ccc3c(c2)OCCO3)cc1. The van der Waals surface area contributed by atoms with Gasteiger partial charge in [0.1, 0.15) is 13.2 Å². The van der Waals surface area contributed by atoms with E-state index in [-0.39, 0.29) is 21.9 Å². The van der Waals surface area contributed by atoms with Crippen LogP contribution in [0.1, 0.15) is 20.0 Å². The first kappa shape index (κ1) is 22.1. The van der Waals surface area contributed by atoms with Gasteiger partial charge in [0.25, 0.3) is 10.0 Å². The predicted molar refractivity (Wildman–Crippen MR) is 119 cm³/mol. The summed E-state index contributed by atoms with van der Waals surface area (Å²) in [5.41, 5.74) is 0.421. The van der Waals surface area contributed by atoms with Gasteiger partial charge < -0.3 is 14.2 Å². The molecule has 166 valence electrons. The molecule has 0 unspecified atom stereocenters. The summed E-state index contributed by atoms with van der Waals surface area (Å²) in [4.78, 5) is 24.6. The van der Waals surface area contributed by atoms with Crippen molar-refractivity contribution >= 4 is 50.4 Å². The number of Topliss-reactive ketones (excluding diaryl/α,β-unsaturated/α-hetero) is 1. The number of anilines is 1. The number of benzene rings is 2. The molecule has 2 heterocycles. The number of carbonyl (C=O) groups excluding carboxylic acids is 2. The van der Waals surface area contributed by atoms with E-state index >= 15 is 0 Å². The molecule has 0 spiro atoms. The monoisotopic (exact) mass is 493 g/mol. The van der Waals surface area contributed by atoms with Crippen LogP contribution in [0.25, 0.3) is 0 Å². The smallest absolute Gasteiger partial charge is 0.338 e. The van der Waals surface area contributed by atoms with E-state index in [9.17, 15) is 18.0 Å². The fraction of sp³-hybridized carbons (Fsp3) is 0.143. The van der Waals surface area contributed by atoms with Crippen LogP contribution < -0.4 is 14.2 Å². The fourth-order valence-corrected chi connectivity index (χ4v) is 4.87. The second kappa shape index (κ2) is 9.19. The van der Waals surface area contributed by atoms with E-state index in [1.54, 1.807) is 12.1 Å². The fourth-order valence-electron chi connectivity index (χ4n) is 2.83. The number of fused-ring (bicyclic) bond motifs is 1. The summed E-state index contributed by atoms with van der Waals surface area (Å²) in [6.45, 7) is 0.324. The van der Waals surface area contributed by atoms with Crippen LogP contribution >= 0.6 is 22.9 Å². The number of esters is 1. The summed E-state index contributed by atoms with van der Waals surface area (Å²) in [6.07, 6.45) is 0. The van der Waals surface area contributed by atoms with Crippen LogP contribution in [0.5, 0.6) is 11.5 Å². The summed E-state index contributed by atoms with van der Waals surface area (Å²) in [5.74, 6) is -0.225. The van der Waals surface area contributed by atoms with Gasteiger partial charge in [-0.1, -0.05) is 11.6 Å². The van der Waals surface area contributed by atoms with E-state index in [2.05, 4.69) is 4.72 Å². The molecule has 3 aromatic rings. The Kier molecular flexibility index (Phi) is 6.35. The third-order valence-electron chi connectivity index (χ3n) is 4.38. The first-order valence-electron chi connectivity index (χ1n) is 9.30. The van der Waals surface area contributed by atoms with E-state index in [0.717, 1.165) is 11.3 Å². The van der Waals surface area contributed by atoms with Crippen LogP contribution in [-0.4, -0.2) is 40.0 Å². The van der Waals surface area contributed by atoms with Gasteiger partial charge in [-0.25, -0.2) is 13.2 Å². The largest absolute Gasteiger partial charge is 0.486 e. The number of rotatable bonds is 7. The summed E-state index contributed by atoms with van der Waals surface area (Å²) in [6, 6.07) is 13.1. The van der Waals surface area contributed by atoms with Crippen molar-refractivity contribution in [1.29, 1.82) is 0 Å². The highest BCUT2D eigenvalue weighted by molar-refractivity contribution is 7.92. The molecule has 1 aromatic heterocycles. The van der Waals surface area contributed by atoms with Crippen molar-refractivity contribution in [2.24, 2.45) is 0 Å². The van der Waals surface area contributed by atoms with Crippen LogP contribution in [0.15, 0.2) is 59.5 Å². The minimum absolute atomic E-state index is 0.0115. The molecule has 0 fully saturated rings. The van der Waals surface area contributed by atoms with Crippen molar-refractivity contribution in [2.75, 3.05) is 24.5 Å². The molecule has 1 aliphatic rings. The van der Waals surface area contributed by atoms with Crippen molar-refractivity contribution in [3.05, 3.63) is 69.4 Å². The maximum absolute atomic E-state index is 12.7. The Balaban J connectivity index is 1.38. The Morgan fingerprint density at radius 3 is 2.41 bits per heavy atom. The maximum atomic E-state index is 12.7. The van der Waals surface area contributed by atoms with E-state index in [0.29, 0.717) is 33.9 Å². The number of sulfonamides is 1. The van der Waals surface area contributed by atoms with Crippen LogP contribution in [0, 0.1) is 0 Å². The molecule has 0 radical (unpaired) electrons. The molecule has 0 atom stereocenters. The zero-order valence-corrected chi connectivity index (χ0v) is 18.8. The average Bonchev–Trinajstić information content (AvgIpc) is 3.23. The molecule has 0 saturated heterocycles. The highest BCUT2D eigenvalue weighted by atomic mass is 35.5. The van der Waals surface area contributed by atoms with Crippen LogP contribution in [-0.2, 0) is 14.8 Å². The van der Waals surface area contributed by atoms with Crippen molar-refractivity contribution in [1.82, 2.24) is 0 Å². The molecule has 8 nitrogen and oxygen atoms in total. The molecule has 0 amide bonds. The van der Waals surface area contributed by atoms with Gasteiger partial charge in [-0.15, -0.1) is 11.3 Å². The third kappa shape index (κ3) is 5.04. The molecule has 1 N–H and O–H groups in total. The number of thiophene rings is 1. The molecular weight excluding hydrogens is 478 g/mol. The summed E-state index contributed by atoms with van der Waals surface area (Å²) < 4.78 is 44.1. The maximum Gasteiger partial charge on any atom is 0.338 e. The van der Waals surface area contributed by atoms with Crippen LogP contribution in [0.3, 0.4) is 0 Å². The van der Waals surface area contributed by atoms with Crippen molar-refractivity contribution in [2.45, 2.75) is 4.90 Å². The van der Waals surface area contributed by atoms with Gasteiger partial charge in [0, 0.05) is 11.8 Å². The standard InChI is InChI=1S/C21H16ClNO7S2/c22-20-8-7-19(31-20)16(24)12-30-21(25)13-1-3-14(4-2-13)23-32(26,27)15-5-6-17-18(11-15)29-10-9-28-17/h1-8,11,23H,9-10,12H2. The molecule has 2 aromatic carbocycles. The van der Waals surface area contributed by atoms with E-state index in [1.807, 2.05) is 0 Å². The lowest BCUT2D eigenvalue weighted by atomic mass is 10.2. The Bertz CT molecular complexity index is 1270. The molecule has 0 saturated carbocycles. The topological polar surface area (TPSA) is 108 Å². The lowest BCUT2D eigenvalue weighted by Crippen LogP contribution is -2.17. The minimum atomic E-state index is -3.89. The van der Waals surface area contributed by atoms with Crippen LogP contribution in [0.4, 0.5) is 5.69 Å². The van der Waals surface area contributed by atoms with E-state index < -0.39 is 22.6 Å². The molecule has 4 rings (SSSR count). The minimum Gasteiger partial charge on any atom is -0.486 e. The number of hydrogen-bond acceptors (Lipinski definition) is 8. The Labute approximate surface area is 192 Å². The van der Waals surface area contributed by atoms with Crippen LogP contribution in [0.2, 0.25) is 4.34 Å². The van der Waals surface area contributed by atoms with Gasteiger partial charge >= 0.3 is 5.97 Å². The number of halogens is 1. The molecule has 11 heteroatoms. The van der Waals surface area contributed by atoms with Crippen molar-refractivity contribution in [3.8, 4) is 11.5 Å². The Hall–Kier alpha value is -3.08. The van der Waals surface area contributed by atoms with Crippen molar-refractivity contribution < 1.29 is 32.2 Å². The average molecular weight is 494 g/mol. The summed E-state index contributed by atoms with van der Waals surface area (Å²) in [7, 11) is -3.89. The first-order chi connectivity index (χ1) is 15.3. The molecule has 0 aliphatic carbocycles. The number of nitrogens with one attached hydrogen (secondary N) is 1. The van der Waals surface area contributed by atoms with Gasteiger partial charge in [0.2, 0.25) is 5.78 Å². The highest BCUT2D eigenvalue weighted by Gasteiger charge is 2.20. The van der Waals surface area contributed by atoms with Gasteiger partial charge in [0.05, 0.1) is 19.7 Å². The van der Waals surface area contributed by atoms with Gasteiger partial charge in [-0.2, -0.15) is 0 Å². The quantitative estimate of drug-likeness (QED) is 0.391. The highest BCUT2D eigenvalue weighted by Crippen LogP contribution is 2.32. The summed E-state index contributed by atoms with van der Waals surface area (Å²) in [5, 5.41) is 0. The number of ether oxygens (including phenoxy) is 3. The van der Waals surface area contributed by atoms with Crippen molar-refractivity contribution in [3.63, 3.8) is 0 Å². The second-order valence-corrected chi connectivity index (χ2v) is 9.99. The Morgan fingerprint density at radius 1 is 1.00 bits per heavy atom. The molecule has 1 aliphatic heterocycles. The molecule has 0 bridgehead atoms. The Morgan fingerprint density at radius 2 is 1.72 bits per heavy atom. The zero-order valence-electron chi connectivity index (χ0n) is 16.4. The second-order valence-electron chi connectivity index (χ2n) is 6.59. The number of carbonyl (C=O) groups is 2. The lowest BCUT2D eigenvalue weighted by molar-refractivity contribution is 0.0476. The summed E-state index contributed by atoms with van der Waals surface area (Å²) >= 11 is 6.89. The number of hydrogen-bond donors (Lipinski definition) is 1. The molecular formula is C21H16ClNO7S2. The predicted octanol–water partition coefficient (Wildman–Crippen LogP) is 4.01. The zero-order chi connectivity index (χ0) is 22.7. The molecule has 32 heavy (non-hydrogen) atoms. The van der Waals surface area contributed by atoms with Gasteiger partial charge in [0.15, 0.2) is 18.1 Å². The normalized spacial score (nSPS) is 12.8. The third-order valence-corrected chi connectivity index (χ3v) is 7.03. The van der Waals surface area contributed by atoms with E-state index in [1.165, 1.54) is 42.5 Å². The van der Waals surface area contributed by atoms with Gasteiger partial charge in [-0.3, -0.25) is 9.52 Å². The van der Waals surface area contributed by atoms with Gasteiger partial charge in [-0.05, 0) is 48.5 Å². The first-order valence-corrected chi connectivity index (χ1v) is 12.0. The van der Waals surface area contributed by atoms with E-state index in [4.69, 9.17) is 25.8 Å². The lowest BCUT2D eigenvalue weighted by Gasteiger charge is -2.19.